The van der Waals surface area contributed by atoms with E-state index in [2.05, 4.69) is 20.4 Å². The maximum atomic E-state index is 12.2. The fourth-order valence-corrected chi connectivity index (χ4v) is 3.16. The number of nitrogens with zero attached hydrogens (tertiary/aromatic N) is 5. The smallest absolute Gasteiger partial charge is 0.239 e. The van der Waals surface area contributed by atoms with Crippen LogP contribution in [0.3, 0.4) is 0 Å². The van der Waals surface area contributed by atoms with Crippen LogP contribution in [0.4, 0.5) is 5.82 Å². The SMILES string of the molecule is Cn1ccc(NC(=O)CN2CCCCC2CCn2cccn2)n1. The van der Waals surface area contributed by atoms with E-state index in [0.29, 0.717) is 18.4 Å². The molecule has 0 saturated carbocycles. The number of aryl methyl sites for hydroxylation is 2. The van der Waals surface area contributed by atoms with Crippen molar-refractivity contribution in [3.63, 3.8) is 0 Å². The standard InChI is InChI=1S/C16H24N6O/c1-20-11-7-15(19-20)18-16(23)13-21-9-3-2-5-14(21)6-12-22-10-4-8-17-22/h4,7-8,10-11,14H,2-3,5-6,9,12-13H2,1H3,(H,18,19,23). The number of nitrogens with one attached hydrogen (secondary N) is 1. The maximum Gasteiger partial charge on any atom is 0.239 e. The lowest BCUT2D eigenvalue weighted by molar-refractivity contribution is -0.118. The molecule has 0 aromatic carbocycles. The fraction of sp³-hybridized carbons (Fsp3) is 0.562. The van der Waals surface area contributed by atoms with Crippen molar-refractivity contribution in [2.75, 3.05) is 18.4 Å². The minimum Gasteiger partial charge on any atom is -0.308 e. The number of hydrogen-bond acceptors (Lipinski definition) is 4. The van der Waals surface area contributed by atoms with Gasteiger partial charge < -0.3 is 5.32 Å². The van der Waals surface area contributed by atoms with Gasteiger partial charge in [0, 0.05) is 44.3 Å². The Labute approximate surface area is 136 Å². The molecule has 2 aromatic heterocycles. The predicted molar refractivity (Wildman–Crippen MR) is 87.9 cm³/mol. The van der Waals surface area contributed by atoms with E-state index >= 15 is 0 Å². The molecule has 1 fully saturated rings. The molecule has 1 N–H and O–H groups in total. The Kier molecular flexibility index (Phi) is 5.07. The van der Waals surface area contributed by atoms with Crippen molar-refractivity contribution in [3.05, 3.63) is 30.7 Å². The zero-order valence-electron chi connectivity index (χ0n) is 13.6. The minimum atomic E-state index is 0.00897. The van der Waals surface area contributed by atoms with Crippen LogP contribution in [0, 0.1) is 0 Å². The van der Waals surface area contributed by atoms with Crippen molar-refractivity contribution < 1.29 is 4.79 Å². The van der Waals surface area contributed by atoms with Crippen LogP contribution in [0.5, 0.6) is 0 Å². The molecule has 2 aromatic rings. The number of likely N-dealkylation sites (tertiary alicyclic amines) is 1. The van der Waals surface area contributed by atoms with Gasteiger partial charge in [0.1, 0.15) is 0 Å². The molecule has 1 atom stereocenters. The average Bonchev–Trinajstić information content (AvgIpc) is 3.18. The van der Waals surface area contributed by atoms with Gasteiger partial charge in [-0.3, -0.25) is 19.1 Å². The first-order chi connectivity index (χ1) is 11.2. The van der Waals surface area contributed by atoms with E-state index in [4.69, 9.17) is 0 Å². The van der Waals surface area contributed by atoms with Crippen molar-refractivity contribution in [2.45, 2.75) is 38.3 Å². The molecule has 1 unspecified atom stereocenters. The molecule has 23 heavy (non-hydrogen) atoms. The monoisotopic (exact) mass is 316 g/mol. The largest absolute Gasteiger partial charge is 0.308 e. The third-order valence-corrected chi connectivity index (χ3v) is 4.33. The van der Waals surface area contributed by atoms with Crippen LogP contribution in [0.1, 0.15) is 25.7 Å². The van der Waals surface area contributed by atoms with Crippen molar-refractivity contribution in [1.82, 2.24) is 24.5 Å². The van der Waals surface area contributed by atoms with Crippen LogP contribution in [0.2, 0.25) is 0 Å². The van der Waals surface area contributed by atoms with Gasteiger partial charge in [-0.15, -0.1) is 0 Å². The molecule has 0 bridgehead atoms. The van der Waals surface area contributed by atoms with Gasteiger partial charge in [-0.05, 0) is 31.9 Å². The normalized spacial score (nSPS) is 18.9. The Hall–Kier alpha value is -2.15. The number of carbonyl (C=O) groups excluding carboxylic acids is 1. The number of carbonyl (C=O) groups is 1. The fourth-order valence-electron chi connectivity index (χ4n) is 3.16. The highest BCUT2D eigenvalue weighted by Gasteiger charge is 2.24. The first-order valence-corrected chi connectivity index (χ1v) is 8.22. The molecule has 1 amide bonds. The third kappa shape index (κ3) is 4.41. The van der Waals surface area contributed by atoms with Crippen LogP contribution in [-0.2, 0) is 18.4 Å². The minimum absolute atomic E-state index is 0.00897. The first-order valence-electron chi connectivity index (χ1n) is 8.22. The molecule has 1 saturated heterocycles. The molecule has 124 valence electrons. The number of piperidine rings is 1. The van der Waals surface area contributed by atoms with Gasteiger partial charge in [0.15, 0.2) is 5.82 Å². The summed E-state index contributed by atoms with van der Waals surface area (Å²) in [6.07, 6.45) is 10.2. The van der Waals surface area contributed by atoms with E-state index in [1.54, 1.807) is 10.9 Å². The van der Waals surface area contributed by atoms with Gasteiger partial charge in [-0.2, -0.15) is 10.2 Å². The zero-order chi connectivity index (χ0) is 16.1. The van der Waals surface area contributed by atoms with E-state index in [-0.39, 0.29) is 5.91 Å². The molecule has 0 radical (unpaired) electrons. The van der Waals surface area contributed by atoms with Gasteiger partial charge in [0.05, 0.1) is 6.54 Å². The second-order valence-corrected chi connectivity index (χ2v) is 6.10. The van der Waals surface area contributed by atoms with Crippen LogP contribution < -0.4 is 5.32 Å². The summed E-state index contributed by atoms with van der Waals surface area (Å²) in [4.78, 5) is 14.5. The zero-order valence-corrected chi connectivity index (χ0v) is 13.6. The summed E-state index contributed by atoms with van der Waals surface area (Å²) in [5.41, 5.74) is 0. The topological polar surface area (TPSA) is 68.0 Å². The molecule has 7 nitrogen and oxygen atoms in total. The van der Waals surface area contributed by atoms with Crippen LogP contribution in [0.15, 0.2) is 30.7 Å². The van der Waals surface area contributed by atoms with Gasteiger partial charge in [-0.25, -0.2) is 0 Å². The van der Waals surface area contributed by atoms with Gasteiger partial charge >= 0.3 is 0 Å². The van der Waals surface area contributed by atoms with E-state index in [1.807, 2.05) is 36.3 Å². The molecular weight excluding hydrogens is 292 g/mol. The molecule has 0 spiro atoms. The van der Waals surface area contributed by atoms with Crippen LogP contribution >= 0.6 is 0 Å². The van der Waals surface area contributed by atoms with E-state index in [9.17, 15) is 4.79 Å². The molecule has 0 aliphatic carbocycles. The van der Waals surface area contributed by atoms with Crippen molar-refractivity contribution >= 4 is 11.7 Å². The summed E-state index contributed by atoms with van der Waals surface area (Å²) in [6.45, 7) is 2.32. The summed E-state index contributed by atoms with van der Waals surface area (Å²) >= 11 is 0. The summed E-state index contributed by atoms with van der Waals surface area (Å²) in [5.74, 6) is 0.622. The first kappa shape index (κ1) is 15.7. The third-order valence-electron chi connectivity index (χ3n) is 4.33. The van der Waals surface area contributed by atoms with Gasteiger partial charge in [-0.1, -0.05) is 6.42 Å². The number of anilines is 1. The molecule has 3 heterocycles. The lowest BCUT2D eigenvalue weighted by atomic mass is 9.99. The Morgan fingerprint density at radius 2 is 2.30 bits per heavy atom. The highest BCUT2D eigenvalue weighted by molar-refractivity contribution is 5.91. The van der Waals surface area contributed by atoms with E-state index < -0.39 is 0 Å². The van der Waals surface area contributed by atoms with Crippen molar-refractivity contribution in [2.24, 2.45) is 7.05 Å². The van der Waals surface area contributed by atoms with Crippen LogP contribution in [-0.4, -0.2) is 49.5 Å². The maximum absolute atomic E-state index is 12.2. The lowest BCUT2D eigenvalue weighted by Gasteiger charge is -2.35. The molecule has 1 aliphatic rings. The van der Waals surface area contributed by atoms with Gasteiger partial charge in [0.2, 0.25) is 5.91 Å². The average molecular weight is 316 g/mol. The Morgan fingerprint density at radius 3 is 3.04 bits per heavy atom. The number of aromatic nitrogens is 4. The predicted octanol–water partition coefficient (Wildman–Crippen LogP) is 1.50. The lowest BCUT2D eigenvalue weighted by Crippen LogP contribution is -2.44. The summed E-state index contributed by atoms with van der Waals surface area (Å²) in [5, 5.41) is 11.3. The molecule has 7 heteroatoms. The molecule has 3 rings (SSSR count). The number of rotatable bonds is 6. The highest BCUT2D eigenvalue weighted by Crippen LogP contribution is 2.20. The molecular formula is C16H24N6O. The highest BCUT2D eigenvalue weighted by atomic mass is 16.2. The summed E-state index contributed by atoms with van der Waals surface area (Å²) < 4.78 is 3.64. The summed E-state index contributed by atoms with van der Waals surface area (Å²) in [7, 11) is 1.84. The summed E-state index contributed by atoms with van der Waals surface area (Å²) in [6, 6.07) is 4.20. The van der Waals surface area contributed by atoms with E-state index in [0.717, 1.165) is 32.4 Å². The quantitative estimate of drug-likeness (QED) is 0.877. The number of hydrogen-bond donors (Lipinski definition) is 1. The van der Waals surface area contributed by atoms with Crippen LogP contribution in [0.25, 0.3) is 0 Å². The van der Waals surface area contributed by atoms with E-state index in [1.165, 1.54) is 6.42 Å². The second kappa shape index (κ2) is 7.41. The Bertz CT molecular complexity index is 620. The Balaban J connectivity index is 1.52. The van der Waals surface area contributed by atoms with Gasteiger partial charge in [0.25, 0.3) is 0 Å². The second-order valence-electron chi connectivity index (χ2n) is 6.10. The van der Waals surface area contributed by atoms with Crippen molar-refractivity contribution in [3.8, 4) is 0 Å². The Morgan fingerprint density at radius 1 is 1.39 bits per heavy atom. The molecule has 1 aliphatic heterocycles. The van der Waals surface area contributed by atoms with Crippen molar-refractivity contribution in [1.29, 1.82) is 0 Å². The number of amides is 1.